The van der Waals surface area contributed by atoms with Crippen LogP contribution in [-0.4, -0.2) is 5.91 Å². The summed E-state index contributed by atoms with van der Waals surface area (Å²) in [5, 5.41) is 14.2. The topological polar surface area (TPSA) is 66.1 Å². The van der Waals surface area contributed by atoms with Gasteiger partial charge in [-0.3, -0.25) is 10.2 Å². The van der Waals surface area contributed by atoms with E-state index in [0.29, 0.717) is 16.3 Å². The van der Waals surface area contributed by atoms with Crippen LogP contribution in [0, 0.1) is 5.41 Å². The Morgan fingerprint density at radius 2 is 1.72 bits per heavy atom. The number of anilines is 1. The normalized spacial score (nSPS) is 10.9. The van der Waals surface area contributed by atoms with Crippen LogP contribution < -0.4 is 10.9 Å². The summed E-state index contributed by atoms with van der Waals surface area (Å²) in [6.45, 7) is 0. The van der Waals surface area contributed by atoms with Crippen molar-refractivity contribution < 1.29 is 9.21 Å². The summed E-state index contributed by atoms with van der Waals surface area (Å²) < 4.78 is 5.56. The Hall–Kier alpha value is -3.11. The van der Waals surface area contributed by atoms with E-state index >= 15 is 0 Å². The van der Waals surface area contributed by atoms with Crippen molar-refractivity contribution in [3.05, 3.63) is 82.9 Å². The molecule has 4 nitrogen and oxygen atoms in total. The zero-order chi connectivity index (χ0) is 17.4. The molecule has 0 aliphatic heterocycles. The molecule has 122 valence electrons. The van der Waals surface area contributed by atoms with E-state index in [1.807, 2.05) is 36.4 Å². The van der Waals surface area contributed by atoms with Crippen LogP contribution in [0.2, 0.25) is 5.02 Å². The molecule has 0 aliphatic rings. The zero-order valence-electron chi connectivity index (χ0n) is 13.0. The summed E-state index contributed by atoms with van der Waals surface area (Å²) in [7, 11) is 0. The molecule has 0 fully saturated rings. The van der Waals surface area contributed by atoms with E-state index in [0.717, 1.165) is 16.2 Å². The zero-order valence-corrected chi connectivity index (χ0v) is 13.8. The molecular formula is C20H13ClN2O2. The van der Waals surface area contributed by atoms with Gasteiger partial charge in [-0.05, 0) is 47.2 Å². The van der Waals surface area contributed by atoms with Crippen molar-refractivity contribution in [3.63, 3.8) is 0 Å². The summed E-state index contributed by atoms with van der Waals surface area (Å²) in [5.74, 6) is -0.397. The number of carbonyl (C=O) groups excluding carboxylic acids is 1. The fraction of sp³-hybridized carbons (Fsp3) is 0. The van der Waals surface area contributed by atoms with Crippen LogP contribution in [0.3, 0.4) is 0 Å². The minimum absolute atomic E-state index is 0.172. The molecule has 4 aromatic rings. The van der Waals surface area contributed by atoms with Crippen molar-refractivity contribution in [2.45, 2.75) is 0 Å². The minimum atomic E-state index is -0.397. The third-order valence-corrected chi connectivity index (χ3v) is 4.27. The first-order valence-electron chi connectivity index (χ1n) is 7.69. The van der Waals surface area contributed by atoms with E-state index in [9.17, 15) is 4.79 Å². The number of carbonyl (C=O) groups is 1. The van der Waals surface area contributed by atoms with Gasteiger partial charge in [0.15, 0.2) is 0 Å². The molecule has 25 heavy (non-hydrogen) atoms. The number of rotatable bonds is 2. The van der Waals surface area contributed by atoms with Gasteiger partial charge in [0, 0.05) is 16.1 Å². The van der Waals surface area contributed by atoms with Gasteiger partial charge in [0.2, 0.25) is 5.55 Å². The third kappa shape index (κ3) is 2.88. The maximum atomic E-state index is 12.6. The summed E-state index contributed by atoms with van der Waals surface area (Å²) in [6, 6.07) is 20.1. The van der Waals surface area contributed by atoms with Crippen molar-refractivity contribution in [1.29, 1.82) is 5.41 Å². The molecule has 1 heterocycles. The number of nitrogens with one attached hydrogen (secondary N) is 2. The summed E-state index contributed by atoms with van der Waals surface area (Å²) in [6.07, 6.45) is 0. The highest BCUT2D eigenvalue weighted by Gasteiger charge is 2.13. The minimum Gasteiger partial charge on any atom is -0.438 e. The van der Waals surface area contributed by atoms with Crippen LogP contribution in [0.5, 0.6) is 0 Å². The largest absolute Gasteiger partial charge is 0.438 e. The average Bonchev–Trinajstić information content (AvgIpc) is 2.62. The Balaban J connectivity index is 1.82. The molecule has 0 bridgehead atoms. The predicted molar refractivity (Wildman–Crippen MR) is 99.0 cm³/mol. The second-order valence-corrected chi connectivity index (χ2v) is 6.09. The van der Waals surface area contributed by atoms with Crippen LogP contribution in [0.25, 0.3) is 21.7 Å². The molecule has 0 atom stereocenters. The molecule has 5 heteroatoms. The number of amides is 1. The smallest absolute Gasteiger partial charge is 0.261 e. The number of hydrogen-bond donors (Lipinski definition) is 2. The van der Waals surface area contributed by atoms with Gasteiger partial charge in [-0.15, -0.1) is 0 Å². The number of halogens is 1. The first-order valence-corrected chi connectivity index (χ1v) is 8.07. The first kappa shape index (κ1) is 15.4. The molecule has 0 radical (unpaired) electrons. The molecule has 0 spiro atoms. The monoisotopic (exact) mass is 348 g/mol. The van der Waals surface area contributed by atoms with Crippen LogP contribution >= 0.6 is 11.6 Å². The maximum Gasteiger partial charge on any atom is 0.261 e. The molecule has 3 aromatic carbocycles. The van der Waals surface area contributed by atoms with Crippen LogP contribution in [-0.2, 0) is 0 Å². The highest BCUT2D eigenvalue weighted by molar-refractivity contribution is 6.30. The van der Waals surface area contributed by atoms with Gasteiger partial charge in [-0.1, -0.05) is 41.9 Å². The lowest BCUT2D eigenvalue weighted by Gasteiger charge is -2.08. The van der Waals surface area contributed by atoms with E-state index in [2.05, 4.69) is 5.32 Å². The lowest BCUT2D eigenvalue weighted by Crippen LogP contribution is -2.20. The van der Waals surface area contributed by atoms with E-state index in [-0.39, 0.29) is 11.1 Å². The van der Waals surface area contributed by atoms with Crippen molar-refractivity contribution >= 4 is 44.9 Å². The van der Waals surface area contributed by atoms with Gasteiger partial charge in [0.1, 0.15) is 11.1 Å². The molecule has 0 saturated heterocycles. The highest BCUT2D eigenvalue weighted by Crippen LogP contribution is 2.25. The Morgan fingerprint density at radius 3 is 2.52 bits per heavy atom. The van der Waals surface area contributed by atoms with Crippen molar-refractivity contribution in [2.75, 3.05) is 5.32 Å². The number of hydrogen-bond acceptors (Lipinski definition) is 3. The van der Waals surface area contributed by atoms with E-state index in [4.69, 9.17) is 21.4 Å². The van der Waals surface area contributed by atoms with Crippen molar-refractivity contribution in [3.8, 4) is 0 Å². The molecule has 0 unspecified atom stereocenters. The van der Waals surface area contributed by atoms with Gasteiger partial charge in [0.05, 0.1) is 0 Å². The molecule has 1 aromatic heterocycles. The van der Waals surface area contributed by atoms with Crippen LogP contribution in [0.4, 0.5) is 5.69 Å². The summed E-state index contributed by atoms with van der Waals surface area (Å²) in [5.41, 5.74) is 1.19. The van der Waals surface area contributed by atoms with E-state index in [1.54, 1.807) is 30.3 Å². The van der Waals surface area contributed by atoms with Gasteiger partial charge in [-0.2, -0.15) is 0 Å². The lowest BCUT2D eigenvalue weighted by atomic mass is 10.0. The standard InChI is InChI=1S/C20H13ClN2O2/c21-13-6-8-14(9-7-13)23-20(24)17-11-16-15-4-2-1-3-12(15)5-10-18(16)25-19(17)22/h1-11,22H,(H,23,24). The number of fused-ring (bicyclic) bond motifs is 3. The fourth-order valence-corrected chi connectivity index (χ4v) is 2.91. The fourth-order valence-electron chi connectivity index (χ4n) is 2.79. The van der Waals surface area contributed by atoms with Gasteiger partial charge >= 0.3 is 0 Å². The first-order chi connectivity index (χ1) is 12.1. The molecular weight excluding hydrogens is 336 g/mol. The maximum absolute atomic E-state index is 12.6. The second-order valence-electron chi connectivity index (χ2n) is 5.65. The Labute approximate surface area is 148 Å². The average molecular weight is 349 g/mol. The Morgan fingerprint density at radius 1 is 0.960 bits per heavy atom. The Kier molecular flexibility index (Phi) is 3.75. The highest BCUT2D eigenvalue weighted by atomic mass is 35.5. The summed E-state index contributed by atoms with van der Waals surface area (Å²) >= 11 is 5.85. The Bertz CT molecular complexity index is 1160. The SMILES string of the molecule is N=c1oc2ccc3ccccc3c2cc1C(=O)Nc1ccc(Cl)cc1. The lowest BCUT2D eigenvalue weighted by molar-refractivity contribution is 0.102. The molecule has 1 amide bonds. The van der Waals surface area contributed by atoms with E-state index < -0.39 is 5.91 Å². The molecule has 0 saturated carbocycles. The van der Waals surface area contributed by atoms with Crippen molar-refractivity contribution in [1.82, 2.24) is 0 Å². The number of benzene rings is 3. The van der Waals surface area contributed by atoms with Gasteiger partial charge in [0.25, 0.3) is 5.91 Å². The van der Waals surface area contributed by atoms with Gasteiger partial charge < -0.3 is 9.73 Å². The summed E-state index contributed by atoms with van der Waals surface area (Å²) in [4.78, 5) is 12.6. The van der Waals surface area contributed by atoms with E-state index in [1.165, 1.54) is 0 Å². The molecule has 0 aliphatic carbocycles. The predicted octanol–water partition coefficient (Wildman–Crippen LogP) is 4.97. The quantitative estimate of drug-likeness (QED) is 0.502. The van der Waals surface area contributed by atoms with Gasteiger partial charge in [-0.25, -0.2) is 0 Å². The van der Waals surface area contributed by atoms with Crippen LogP contribution in [0.1, 0.15) is 10.4 Å². The molecule has 4 rings (SSSR count). The van der Waals surface area contributed by atoms with Crippen molar-refractivity contribution in [2.24, 2.45) is 0 Å². The molecule has 2 N–H and O–H groups in total. The second kappa shape index (κ2) is 6.07. The third-order valence-electron chi connectivity index (χ3n) is 4.02. The van der Waals surface area contributed by atoms with Crippen LogP contribution in [0.15, 0.2) is 71.1 Å².